The van der Waals surface area contributed by atoms with Crippen LogP contribution in [0.3, 0.4) is 0 Å². The van der Waals surface area contributed by atoms with E-state index in [-0.39, 0.29) is 34.9 Å². The topological polar surface area (TPSA) is 111 Å². The van der Waals surface area contributed by atoms with E-state index in [1.807, 2.05) is 0 Å². The summed E-state index contributed by atoms with van der Waals surface area (Å²) < 4.78 is 13.4. The van der Waals surface area contributed by atoms with Crippen molar-refractivity contribution in [3.63, 3.8) is 0 Å². The number of carbonyl (C=O) groups is 1. The molecule has 1 aromatic carbocycles. The Kier molecular flexibility index (Phi) is 5.24. The van der Waals surface area contributed by atoms with E-state index < -0.39 is 0 Å². The Labute approximate surface area is 185 Å². The van der Waals surface area contributed by atoms with Crippen LogP contribution in [0.5, 0.6) is 0 Å². The molecule has 1 heterocycles. The van der Waals surface area contributed by atoms with Crippen molar-refractivity contribution in [2.45, 2.75) is 55.8 Å². The van der Waals surface area contributed by atoms with Gasteiger partial charge in [-0.3, -0.25) is 4.79 Å². The van der Waals surface area contributed by atoms with Crippen molar-refractivity contribution in [1.82, 2.24) is 19.9 Å². The molecule has 6 rings (SSSR count). The zero-order valence-electron chi connectivity index (χ0n) is 17.3. The first-order valence-corrected chi connectivity index (χ1v) is 11.8. The molecule has 1 amide bonds. The Morgan fingerprint density at radius 3 is 2.10 bits per heavy atom. The van der Waals surface area contributed by atoms with Crippen molar-refractivity contribution in [2.75, 3.05) is 17.2 Å². The molecule has 4 fully saturated rings. The molecule has 1 aromatic heterocycles. The Balaban J connectivity index is 1.39. The first-order chi connectivity index (χ1) is 14.9. The average molecular weight is 443 g/mol. The largest absolute Gasteiger partial charge is 0.368 e. The van der Waals surface area contributed by atoms with Crippen LogP contribution in [0.25, 0.3) is 0 Å². The number of halogens is 1. The number of hydrogen-bond acceptors (Lipinski definition) is 7. The van der Waals surface area contributed by atoms with Crippen molar-refractivity contribution < 1.29 is 9.18 Å². The van der Waals surface area contributed by atoms with E-state index >= 15 is 0 Å². The minimum Gasteiger partial charge on any atom is -0.368 e. The third-order valence-electron chi connectivity index (χ3n) is 7.11. The lowest BCUT2D eigenvalue weighted by molar-refractivity contribution is -0.149. The molecular formula is C22H27FN6OS. The van der Waals surface area contributed by atoms with E-state index in [1.54, 1.807) is 12.1 Å². The van der Waals surface area contributed by atoms with Gasteiger partial charge in [0.15, 0.2) is 5.16 Å². The van der Waals surface area contributed by atoms with E-state index in [0.29, 0.717) is 29.5 Å². The van der Waals surface area contributed by atoms with Gasteiger partial charge in [0, 0.05) is 12.1 Å². The van der Waals surface area contributed by atoms with E-state index in [9.17, 15) is 9.18 Å². The van der Waals surface area contributed by atoms with E-state index in [0.717, 1.165) is 24.8 Å². The van der Waals surface area contributed by atoms with Gasteiger partial charge >= 0.3 is 0 Å². The van der Waals surface area contributed by atoms with Crippen LogP contribution in [0.15, 0.2) is 29.4 Å². The number of hydrogen-bond donors (Lipinski definition) is 2. The number of rotatable bonds is 6. The fraction of sp³-hybridized carbons (Fsp3) is 0.545. The van der Waals surface area contributed by atoms with Crippen molar-refractivity contribution in [3.8, 4) is 0 Å². The lowest BCUT2D eigenvalue weighted by Gasteiger charge is -2.60. The van der Waals surface area contributed by atoms with Gasteiger partial charge < -0.3 is 16.4 Å². The molecule has 0 spiro atoms. The maximum atomic E-state index is 13.6. The molecule has 9 heteroatoms. The zero-order chi connectivity index (χ0) is 21.6. The van der Waals surface area contributed by atoms with Gasteiger partial charge in [-0.05, 0) is 74.0 Å². The zero-order valence-corrected chi connectivity index (χ0v) is 18.2. The third kappa shape index (κ3) is 4.20. The summed E-state index contributed by atoms with van der Waals surface area (Å²) in [4.78, 5) is 27.6. The molecule has 0 saturated heterocycles. The third-order valence-corrected chi connectivity index (χ3v) is 7.94. The van der Waals surface area contributed by atoms with Gasteiger partial charge in [0.1, 0.15) is 5.82 Å². The second-order valence-corrected chi connectivity index (χ2v) is 10.3. The van der Waals surface area contributed by atoms with Gasteiger partial charge in [0.05, 0.1) is 5.75 Å². The van der Waals surface area contributed by atoms with Crippen LogP contribution in [0.1, 0.15) is 44.1 Å². The first kappa shape index (κ1) is 20.5. The molecule has 0 atom stereocenters. The molecule has 31 heavy (non-hydrogen) atoms. The van der Waals surface area contributed by atoms with Crippen LogP contribution in [0.4, 0.5) is 16.3 Å². The molecule has 0 radical (unpaired) electrons. The van der Waals surface area contributed by atoms with Gasteiger partial charge in [-0.1, -0.05) is 23.9 Å². The standard InChI is InChI=1S/C22H27FN6OS/c23-17-3-1-13(2-4-17)11-29(18(30)12-31-21-27-19(24)26-20(25)28-21)22-8-14-5-15(9-22)7-16(6-14)10-22/h1-4,14-16H,5-12H2,(H4,24,25,26,27,28). The second-order valence-electron chi connectivity index (χ2n) is 9.37. The number of anilines is 2. The van der Waals surface area contributed by atoms with E-state index in [2.05, 4.69) is 19.9 Å². The van der Waals surface area contributed by atoms with Gasteiger partial charge in [-0.15, -0.1) is 0 Å². The number of benzene rings is 1. The summed E-state index contributed by atoms with van der Waals surface area (Å²) in [7, 11) is 0. The average Bonchev–Trinajstić information content (AvgIpc) is 2.70. The number of nitrogens with two attached hydrogens (primary N) is 2. The summed E-state index contributed by atoms with van der Waals surface area (Å²) in [6.07, 6.45) is 7.12. The summed E-state index contributed by atoms with van der Waals surface area (Å²) in [5.74, 6) is 2.22. The van der Waals surface area contributed by atoms with Gasteiger partial charge in [0.2, 0.25) is 17.8 Å². The highest BCUT2D eigenvalue weighted by Crippen LogP contribution is 2.58. The molecule has 0 aliphatic heterocycles. The van der Waals surface area contributed by atoms with Gasteiger partial charge in [0.25, 0.3) is 0 Å². The van der Waals surface area contributed by atoms with Crippen molar-refractivity contribution in [3.05, 3.63) is 35.6 Å². The summed E-state index contributed by atoms with van der Waals surface area (Å²) in [5, 5.41) is 0.352. The highest BCUT2D eigenvalue weighted by atomic mass is 32.2. The quantitative estimate of drug-likeness (QED) is 0.661. The Morgan fingerprint density at radius 1 is 1.00 bits per heavy atom. The molecule has 4 aliphatic rings. The molecule has 4 N–H and O–H groups in total. The number of aromatic nitrogens is 3. The maximum absolute atomic E-state index is 13.6. The minimum absolute atomic E-state index is 0.0479. The van der Waals surface area contributed by atoms with Crippen LogP contribution >= 0.6 is 11.8 Å². The summed E-state index contributed by atoms with van der Waals surface area (Å²) in [6, 6.07) is 6.47. The lowest BCUT2D eigenvalue weighted by Crippen LogP contribution is -2.61. The monoisotopic (exact) mass is 442 g/mol. The highest BCUT2D eigenvalue weighted by Gasteiger charge is 2.54. The van der Waals surface area contributed by atoms with Crippen molar-refractivity contribution in [1.29, 1.82) is 0 Å². The fourth-order valence-corrected chi connectivity index (χ4v) is 7.07. The highest BCUT2D eigenvalue weighted by molar-refractivity contribution is 7.99. The van der Waals surface area contributed by atoms with Crippen molar-refractivity contribution in [2.24, 2.45) is 17.8 Å². The molecular weight excluding hydrogens is 415 g/mol. The summed E-state index contributed by atoms with van der Waals surface area (Å²) in [5.41, 5.74) is 12.2. The second kappa shape index (κ2) is 7.93. The number of nitrogen functional groups attached to an aromatic ring is 2. The predicted octanol–water partition coefficient (Wildman–Crippen LogP) is 3.26. The summed E-state index contributed by atoms with van der Waals surface area (Å²) >= 11 is 1.23. The Morgan fingerprint density at radius 2 is 1.55 bits per heavy atom. The summed E-state index contributed by atoms with van der Waals surface area (Å²) in [6.45, 7) is 0.493. The SMILES string of the molecule is Nc1nc(N)nc(SCC(=O)N(Cc2ccc(F)cc2)C23CC4CC(CC(C4)C2)C3)n1. The molecule has 4 aliphatic carbocycles. The van der Waals surface area contributed by atoms with Crippen LogP contribution in [-0.4, -0.2) is 37.1 Å². The van der Waals surface area contributed by atoms with Crippen molar-refractivity contribution >= 4 is 29.6 Å². The Hall–Kier alpha value is -2.42. The van der Waals surface area contributed by atoms with Crippen LogP contribution < -0.4 is 11.5 Å². The van der Waals surface area contributed by atoms with Crippen LogP contribution in [0.2, 0.25) is 0 Å². The minimum atomic E-state index is -0.267. The maximum Gasteiger partial charge on any atom is 0.233 e. The normalized spacial score (nSPS) is 28.6. The lowest BCUT2D eigenvalue weighted by atomic mass is 9.52. The van der Waals surface area contributed by atoms with Crippen LogP contribution in [-0.2, 0) is 11.3 Å². The van der Waals surface area contributed by atoms with Crippen LogP contribution in [0, 0.1) is 23.6 Å². The van der Waals surface area contributed by atoms with E-state index in [1.165, 1.54) is 43.2 Å². The molecule has 4 saturated carbocycles. The van der Waals surface area contributed by atoms with Gasteiger partial charge in [-0.25, -0.2) is 4.39 Å². The molecule has 2 aromatic rings. The predicted molar refractivity (Wildman–Crippen MR) is 117 cm³/mol. The van der Waals surface area contributed by atoms with Gasteiger partial charge in [-0.2, -0.15) is 15.0 Å². The number of thioether (sulfide) groups is 1. The molecule has 0 unspecified atom stereocenters. The Bertz CT molecular complexity index is 929. The number of amides is 1. The smallest absolute Gasteiger partial charge is 0.233 e. The fourth-order valence-electron chi connectivity index (χ4n) is 6.35. The first-order valence-electron chi connectivity index (χ1n) is 10.8. The number of carbonyl (C=O) groups excluding carboxylic acids is 1. The van der Waals surface area contributed by atoms with E-state index in [4.69, 9.17) is 11.5 Å². The molecule has 7 nitrogen and oxygen atoms in total. The number of nitrogens with zero attached hydrogens (tertiary/aromatic N) is 4. The molecule has 4 bridgehead atoms. The molecule has 164 valence electrons.